The number of carboxylic acids is 1. The van der Waals surface area contributed by atoms with E-state index in [9.17, 15) is 14.7 Å². The molecule has 1 aliphatic rings. The van der Waals surface area contributed by atoms with Gasteiger partial charge in [0.25, 0.3) is 0 Å². The Morgan fingerprint density at radius 3 is 2.81 bits per heavy atom. The number of carboxylic acid groups (broad SMARTS) is 1. The SMILES string of the molecule is O=C1CC(C(=O)O)Cc2ccc(O)cc2O1. The molecule has 2 N–H and O–H groups in total. The zero-order valence-corrected chi connectivity index (χ0v) is 8.34. The van der Waals surface area contributed by atoms with E-state index in [1.807, 2.05) is 0 Å². The number of phenolic OH excluding ortho intramolecular Hbond substituents is 1. The zero-order chi connectivity index (χ0) is 11.7. The molecule has 1 aliphatic heterocycles. The van der Waals surface area contributed by atoms with Crippen LogP contribution in [0.4, 0.5) is 0 Å². The molecule has 84 valence electrons. The van der Waals surface area contributed by atoms with Crippen molar-refractivity contribution in [2.24, 2.45) is 5.92 Å². The summed E-state index contributed by atoms with van der Waals surface area (Å²) in [6, 6.07) is 4.33. The zero-order valence-electron chi connectivity index (χ0n) is 8.34. The van der Waals surface area contributed by atoms with Crippen molar-refractivity contribution in [3.63, 3.8) is 0 Å². The second kappa shape index (κ2) is 3.84. The molecule has 0 aromatic heterocycles. The Bertz CT molecular complexity index is 452. The Morgan fingerprint density at radius 2 is 2.12 bits per heavy atom. The van der Waals surface area contributed by atoms with Crippen LogP contribution < -0.4 is 4.74 Å². The molecule has 5 nitrogen and oxygen atoms in total. The van der Waals surface area contributed by atoms with Crippen molar-refractivity contribution in [2.45, 2.75) is 12.8 Å². The Morgan fingerprint density at radius 1 is 1.38 bits per heavy atom. The molecule has 0 radical (unpaired) electrons. The molecule has 2 rings (SSSR count). The normalized spacial score (nSPS) is 19.5. The number of rotatable bonds is 1. The van der Waals surface area contributed by atoms with Crippen LogP contribution >= 0.6 is 0 Å². The highest BCUT2D eigenvalue weighted by Gasteiger charge is 2.28. The average Bonchev–Trinajstić information content (AvgIpc) is 2.35. The number of carbonyl (C=O) groups excluding carboxylic acids is 1. The molecule has 0 amide bonds. The largest absolute Gasteiger partial charge is 0.508 e. The minimum Gasteiger partial charge on any atom is -0.508 e. The van der Waals surface area contributed by atoms with Gasteiger partial charge < -0.3 is 14.9 Å². The van der Waals surface area contributed by atoms with E-state index in [4.69, 9.17) is 9.84 Å². The summed E-state index contributed by atoms with van der Waals surface area (Å²) in [6.45, 7) is 0. The van der Waals surface area contributed by atoms with Gasteiger partial charge in [-0.1, -0.05) is 6.07 Å². The predicted octanol–water partition coefficient (Wildman–Crippen LogP) is 0.945. The Hall–Kier alpha value is -2.04. The van der Waals surface area contributed by atoms with E-state index in [-0.39, 0.29) is 24.3 Å². The standard InChI is InChI=1S/C11H10O5/c12-8-2-1-6-3-7(11(14)15)4-10(13)16-9(6)5-8/h1-2,5,7,12H,3-4H2,(H,14,15). The molecule has 0 saturated carbocycles. The van der Waals surface area contributed by atoms with E-state index >= 15 is 0 Å². The average molecular weight is 222 g/mol. The summed E-state index contributed by atoms with van der Waals surface area (Å²) in [6.07, 6.45) is 0.0848. The van der Waals surface area contributed by atoms with Gasteiger partial charge >= 0.3 is 11.9 Å². The molecular weight excluding hydrogens is 212 g/mol. The van der Waals surface area contributed by atoms with E-state index in [2.05, 4.69) is 0 Å². The second-order valence-corrected chi connectivity index (χ2v) is 3.71. The number of aromatic hydroxyl groups is 1. The number of ether oxygens (including phenoxy) is 1. The van der Waals surface area contributed by atoms with Gasteiger partial charge in [0.1, 0.15) is 11.5 Å². The number of aliphatic carboxylic acids is 1. The second-order valence-electron chi connectivity index (χ2n) is 3.71. The molecule has 1 aromatic carbocycles. The maximum Gasteiger partial charge on any atom is 0.312 e. The van der Waals surface area contributed by atoms with Crippen LogP contribution in [0.1, 0.15) is 12.0 Å². The molecule has 1 aromatic rings. The summed E-state index contributed by atoms with van der Waals surface area (Å²) in [5, 5.41) is 18.1. The Kier molecular flexibility index (Phi) is 2.52. The monoisotopic (exact) mass is 222 g/mol. The minimum absolute atomic E-state index is 0.0136. The van der Waals surface area contributed by atoms with Crippen LogP contribution in [0.25, 0.3) is 0 Å². The van der Waals surface area contributed by atoms with Crippen molar-refractivity contribution in [3.05, 3.63) is 23.8 Å². The van der Waals surface area contributed by atoms with Gasteiger partial charge in [-0.15, -0.1) is 0 Å². The molecule has 0 bridgehead atoms. The van der Waals surface area contributed by atoms with Crippen LogP contribution in [0, 0.1) is 5.92 Å². The first-order chi connectivity index (χ1) is 7.56. The highest BCUT2D eigenvalue weighted by molar-refractivity contribution is 5.81. The van der Waals surface area contributed by atoms with Gasteiger partial charge in [0.05, 0.1) is 12.3 Å². The maximum atomic E-state index is 11.3. The number of fused-ring (bicyclic) bond motifs is 1. The fraction of sp³-hybridized carbons (Fsp3) is 0.273. The lowest BCUT2D eigenvalue weighted by Gasteiger charge is -2.06. The number of benzene rings is 1. The summed E-state index contributed by atoms with van der Waals surface area (Å²) in [5.74, 6) is -2.14. The first-order valence-electron chi connectivity index (χ1n) is 4.81. The third-order valence-electron chi connectivity index (χ3n) is 2.50. The Labute approximate surface area is 91.3 Å². The number of phenols is 1. The maximum absolute atomic E-state index is 11.3. The third-order valence-corrected chi connectivity index (χ3v) is 2.50. The number of carbonyl (C=O) groups is 2. The van der Waals surface area contributed by atoms with Crippen molar-refractivity contribution in [1.29, 1.82) is 0 Å². The van der Waals surface area contributed by atoms with Crippen molar-refractivity contribution < 1.29 is 24.5 Å². The van der Waals surface area contributed by atoms with Gasteiger partial charge in [0.15, 0.2) is 0 Å². The van der Waals surface area contributed by atoms with Gasteiger partial charge in [0.2, 0.25) is 0 Å². The fourth-order valence-electron chi connectivity index (χ4n) is 1.68. The van der Waals surface area contributed by atoms with Gasteiger partial charge in [0, 0.05) is 6.07 Å². The lowest BCUT2D eigenvalue weighted by Crippen LogP contribution is -2.19. The first kappa shape index (κ1) is 10.5. The summed E-state index contributed by atoms with van der Waals surface area (Å²) in [7, 11) is 0. The van der Waals surface area contributed by atoms with E-state index in [1.165, 1.54) is 12.1 Å². The molecule has 1 heterocycles. The third kappa shape index (κ3) is 1.98. The van der Waals surface area contributed by atoms with Crippen LogP contribution in [0.5, 0.6) is 11.5 Å². The summed E-state index contributed by atoms with van der Waals surface area (Å²) in [5.41, 5.74) is 0.621. The quantitative estimate of drug-likeness (QED) is 0.545. The van der Waals surface area contributed by atoms with Crippen LogP contribution in [0.15, 0.2) is 18.2 Å². The van der Waals surface area contributed by atoms with Crippen LogP contribution in [-0.4, -0.2) is 22.2 Å². The molecule has 1 unspecified atom stereocenters. The van der Waals surface area contributed by atoms with Crippen LogP contribution in [-0.2, 0) is 16.0 Å². The summed E-state index contributed by atoms with van der Waals surface area (Å²) in [4.78, 5) is 22.2. The van der Waals surface area contributed by atoms with Crippen molar-refractivity contribution >= 4 is 11.9 Å². The topological polar surface area (TPSA) is 83.8 Å². The number of hydrogen-bond donors (Lipinski definition) is 2. The van der Waals surface area contributed by atoms with Crippen molar-refractivity contribution in [1.82, 2.24) is 0 Å². The molecule has 16 heavy (non-hydrogen) atoms. The van der Waals surface area contributed by atoms with Crippen molar-refractivity contribution in [3.8, 4) is 11.5 Å². The molecular formula is C11H10O5. The molecule has 0 aliphatic carbocycles. The summed E-state index contributed by atoms with van der Waals surface area (Å²) >= 11 is 0. The molecule has 0 spiro atoms. The van der Waals surface area contributed by atoms with Crippen molar-refractivity contribution in [2.75, 3.05) is 0 Å². The molecule has 5 heteroatoms. The highest BCUT2D eigenvalue weighted by atomic mass is 16.5. The van der Waals surface area contributed by atoms with Gasteiger partial charge in [-0.3, -0.25) is 9.59 Å². The van der Waals surface area contributed by atoms with Crippen LogP contribution in [0.3, 0.4) is 0 Å². The number of esters is 1. The van der Waals surface area contributed by atoms with Gasteiger partial charge in [-0.2, -0.15) is 0 Å². The lowest BCUT2D eigenvalue weighted by atomic mass is 9.97. The Balaban J connectivity index is 2.39. The predicted molar refractivity (Wildman–Crippen MR) is 53.2 cm³/mol. The van der Waals surface area contributed by atoms with Gasteiger partial charge in [-0.25, -0.2) is 0 Å². The van der Waals surface area contributed by atoms with Gasteiger partial charge in [-0.05, 0) is 18.1 Å². The fourth-order valence-corrected chi connectivity index (χ4v) is 1.68. The van der Waals surface area contributed by atoms with E-state index in [0.717, 1.165) is 0 Å². The van der Waals surface area contributed by atoms with E-state index in [0.29, 0.717) is 5.56 Å². The minimum atomic E-state index is -1.02. The molecule has 0 fully saturated rings. The highest BCUT2D eigenvalue weighted by Crippen LogP contribution is 2.30. The summed E-state index contributed by atoms with van der Waals surface area (Å²) < 4.78 is 4.96. The van der Waals surface area contributed by atoms with E-state index < -0.39 is 17.9 Å². The lowest BCUT2D eigenvalue weighted by molar-refractivity contribution is -0.146. The van der Waals surface area contributed by atoms with E-state index in [1.54, 1.807) is 6.07 Å². The van der Waals surface area contributed by atoms with Crippen LogP contribution in [0.2, 0.25) is 0 Å². The molecule has 1 atom stereocenters. The molecule has 0 saturated heterocycles. The smallest absolute Gasteiger partial charge is 0.312 e. The number of hydrogen-bond acceptors (Lipinski definition) is 4. The first-order valence-corrected chi connectivity index (χ1v) is 4.81.